The Labute approximate surface area is 104 Å². The summed E-state index contributed by atoms with van der Waals surface area (Å²) in [5.41, 5.74) is 6.76. The molecule has 0 radical (unpaired) electrons. The summed E-state index contributed by atoms with van der Waals surface area (Å²) in [6.07, 6.45) is 1.52. The average Bonchev–Trinajstić information content (AvgIpc) is 2.36. The van der Waals surface area contributed by atoms with Gasteiger partial charge >= 0.3 is 0 Å². The van der Waals surface area contributed by atoms with Crippen molar-refractivity contribution in [3.05, 3.63) is 41.8 Å². The third-order valence-electron chi connectivity index (χ3n) is 2.46. The summed E-state index contributed by atoms with van der Waals surface area (Å²) in [7, 11) is 1.50. The van der Waals surface area contributed by atoms with E-state index < -0.39 is 5.82 Å². The molecule has 0 aliphatic rings. The molecule has 1 aromatic carbocycles. The molecule has 0 amide bonds. The number of nitrogens with two attached hydrogens (primary N) is 1. The molecule has 5 heteroatoms. The van der Waals surface area contributed by atoms with Gasteiger partial charge in [0.05, 0.1) is 7.11 Å². The summed E-state index contributed by atoms with van der Waals surface area (Å²) in [6.45, 7) is 1.79. The van der Waals surface area contributed by atoms with Crippen LogP contribution in [-0.4, -0.2) is 12.1 Å². The molecule has 94 valence electrons. The van der Waals surface area contributed by atoms with Gasteiger partial charge in [-0.3, -0.25) is 0 Å². The minimum Gasteiger partial charge on any atom is -0.481 e. The van der Waals surface area contributed by atoms with Crippen LogP contribution in [-0.2, 0) is 0 Å². The quantitative estimate of drug-likeness (QED) is 0.848. The van der Waals surface area contributed by atoms with Crippen molar-refractivity contribution >= 4 is 5.69 Å². The van der Waals surface area contributed by atoms with E-state index in [2.05, 4.69) is 4.98 Å². The number of ether oxygens (including phenoxy) is 2. The highest BCUT2D eigenvalue weighted by Gasteiger charge is 2.08. The Morgan fingerprint density at radius 2 is 2.06 bits per heavy atom. The summed E-state index contributed by atoms with van der Waals surface area (Å²) in [4.78, 5) is 3.94. The highest BCUT2D eigenvalue weighted by molar-refractivity contribution is 5.51. The van der Waals surface area contributed by atoms with Crippen LogP contribution in [0.25, 0.3) is 0 Å². The Morgan fingerprint density at radius 1 is 1.28 bits per heavy atom. The number of halogens is 1. The lowest BCUT2D eigenvalue weighted by Gasteiger charge is -2.09. The van der Waals surface area contributed by atoms with Crippen molar-refractivity contribution in [2.75, 3.05) is 12.8 Å². The molecule has 0 atom stereocenters. The molecule has 1 heterocycles. The van der Waals surface area contributed by atoms with Crippen molar-refractivity contribution < 1.29 is 13.9 Å². The number of hydrogen-bond acceptors (Lipinski definition) is 4. The lowest BCUT2D eigenvalue weighted by atomic mass is 10.2. The van der Waals surface area contributed by atoms with Crippen LogP contribution in [0.2, 0.25) is 0 Å². The minimum atomic E-state index is -0.506. The smallest absolute Gasteiger partial charge is 0.216 e. The first-order valence-electron chi connectivity index (χ1n) is 5.33. The predicted molar refractivity (Wildman–Crippen MR) is 66.4 cm³/mol. The largest absolute Gasteiger partial charge is 0.481 e. The van der Waals surface area contributed by atoms with Crippen molar-refractivity contribution in [2.24, 2.45) is 0 Å². The fourth-order valence-electron chi connectivity index (χ4n) is 1.44. The Balaban J connectivity index is 2.30. The number of anilines is 1. The second-order valence-corrected chi connectivity index (χ2v) is 3.78. The first-order valence-corrected chi connectivity index (χ1v) is 5.33. The second kappa shape index (κ2) is 4.91. The first-order chi connectivity index (χ1) is 8.60. The van der Waals surface area contributed by atoms with Gasteiger partial charge in [-0.05, 0) is 24.6 Å². The topological polar surface area (TPSA) is 57.4 Å². The van der Waals surface area contributed by atoms with E-state index in [1.807, 2.05) is 0 Å². The maximum atomic E-state index is 13.6. The number of rotatable bonds is 3. The van der Waals surface area contributed by atoms with E-state index in [9.17, 15) is 4.39 Å². The van der Waals surface area contributed by atoms with E-state index >= 15 is 0 Å². The summed E-state index contributed by atoms with van der Waals surface area (Å²) in [5, 5.41) is 0. The van der Waals surface area contributed by atoms with Gasteiger partial charge < -0.3 is 15.2 Å². The zero-order chi connectivity index (χ0) is 13.1. The molecule has 0 saturated carbocycles. The molecule has 0 bridgehead atoms. The number of methoxy groups -OCH3 is 1. The van der Waals surface area contributed by atoms with E-state index in [1.165, 1.54) is 19.4 Å². The fourth-order valence-corrected chi connectivity index (χ4v) is 1.44. The van der Waals surface area contributed by atoms with E-state index in [1.54, 1.807) is 25.1 Å². The number of aromatic nitrogens is 1. The number of nitrogen functional groups attached to an aromatic ring is 1. The average molecular weight is 248 g/mol. The van der Waals surface area contributed by atoms with Crippen molar-refractivity contribution in [3.8, 4) is 17.4 Å². The maximum Gasteiger partial charge on any atom is 0.216 e. The van der Waals surface area contributed by atoms with Gasteiger partial charge in [-0.25, -0.2) is 9.37 Å². The van der Waals surface area contributed by atoms with Crippen LogP contribution >= 0.6 is 0 Å². The number of nitrogens with zero attached hydrogens (tertiary/aromatic N) is 1. The monoisotopic (exact) mass is 248 g/mol. The molecule has 0 unspecified atom stereocenters. The SMILES string of the molecule is COc1cc(Oc2cc(C)c(N)cc2F)ccn1. The van der Waals surface area contributed by atoms with Crippen LogP contribution in [0.5, 0.6) is 17.4 Å². The van der Waals surface area contributed by atoms with Crippen molar-refractivity contribution in [3.63, 3.8) is 0 Å². The van der Waals surface area contributed by atoms with E-state index in [4.69, 9.17) is 15.2 Å². The molecular weight excluding hydrogens is 235 g/mol. The van der Waals surface area contributed by atoms with E-state index in [-0.39, 0.29) is 5.75 Å². The third-order valence-corrected chi connectivity index (χ3v) is 2.46. The molecule has 2 aromatic rings. The van der Waals surface area contributed by atoms with Crippen LogP contribution in [0.15, 0.2) is 30.5 Å². The summed E-state index contributed by atoms with van der Waals surface area (Å²) >= 11 is 0. The van der Waals surface area contributed by atoms with Gasteiger partial charge in [-0.2, -0.15) is 0 Å². The van der Waals surface area contributed by atoms with Gasteiger partial charge in [-0.15, -0.1) is 0 Å². The summed E-state index contributed by atoms with van der Waals surface area (Å²) < 4.78 is 24.0. The minimum absolute atomic E-state index is 0.120. The zero-order valence-corrected chi connectivity index (χ0v) is 10.1. The third kappa shape index (κ3) is 2.51. The van der Waals surface area contributed by atoms with E-state index in [0.717, 1.165) is 5.56 Å². The van der Waals surface area contributed by atoms with Gasteiger partial charge in [0.1, 0.15) is 5.75 Å². The van der Waals surface area contributed by atoms with Crippen LogP contribution in [0.4, 0.5) is 10.1 Å². The lowest BCUT2D eigenvalue weighted by Crippen LogP contribution is -1.95. The normalized spacial score (nSPS) is 10.2. The molecule has 18 heavy (non-hydrogen) atoms. The molecule has 0 aliphatic carbocycles. The standard InChI is InChI=1S/C13H13FN2O2/c1-8-5-12(10(14)7-11(8)15)18-9-3-4-16-13(6-9)17-2/h3-7H,15H2,1-2H3. The molecule has 0 aliphatic heterocycles. The van der Waals surface area contributed by atoms with Gasteiger partial charge in [-0.1, -0.05) is 0 Å². The lowest BCUT2D eigenvalue weighted by molar-refractivity contribution is 0.389. The molecule has 0 spiro atoms. The second-order valence-electron chi connectivity index (χ2n) is 3.78. The molecule has 0 fully saturated rings. The van der Waals surface area contributed by atoms with Gasteiger partial charge in [0.15, 0.2) is 11.6 Å². The number of hydrogen-bond donors (Lipinski definition) is 1. The Bertz CT molecular complexity index is 573. The molecule has 1 aromatic heterocycles. The molecule has 2 rings (SSSR count). The van der Waals surface area contributed by atoms with Crippen molar-refractivity contribution in [1.29, 1.82) is 0 Å². The Kier molecular flexibility index (Phi) is 3.32. The van der Waals surface area contributed by atoms with Gasteiger partial charge in [0.2, 0.25) is 5.88 Å². The Hall–Kier alpha value is -2.30. The number of pyridine rings is 1. The predicted octanol–water partition coefficient (Wildman–Crippen LogP) is 2.91. The van der Waals surface area contributed by atoms with Crippen LogP contribution in [0, 0.1) is 12.7 Å². The van der Waals surface area contributed by atoms with E-state index in [0.29, 0.717) is 17.3 Å². The molecular formula is C13H13FN2O2. The highest BCUT2D eigenvalue weighted by Crippen LogP contribution is 2.29. The molecule has 0 saturated heterocycles. The highest BCUT2D eigenvalue weighted by atomic mass is 19.1. The summed E-state index contributed by atoms with van der Waals surface area (Å²) in [6, 6.07) is 5.99. The number of benzene rings is 1. The molecule has 2 N–H and O–H groups in total. The van der Waals surface area contributed by atoms with Gasteiger partial charge in [0, 0.05) is 24.0 Å². The zero-order valence-electron chi connectivity index (χ0n) is 10.1. The van der Waals surface area contributed by atoms with Crippen molar-refractivity contribution in [1.82, 2.24) is 4.98 Å². The van der Waals surface area contributed by atoms with Crippen LogP contribution < -0.4 is 15.2 Å². The van der Waals surface area contributed by atoms with Crippen LogP contribution in [0.3, 0.4) is 0 Å². The fraction of sp³-hybridized carbons (Fsp3) is 0.154. The van der Waals surface area contributed by atoms with Gasteiger partial charge in [0.25, 0.3) is 0 Å². The number of aryl methyl sites for hydroxylation is 1. The Morgan fingerprint density at radius 3 is 2.78 bits per heavy atom. The van der Waals surface area contributed by atoms with Crippen molar-refractivity contribution in [2.45, 2.75) is 6.92 Å². The molecule has 4 nitrogen and oxygen atoms in total. The maximum absolute atomic E-state index is 13.6. The van der Waals surface area contributed by atoms with Crippen LogP contribution in [0.1, 0.15) is 5.56 Å². The first kappa shape index (κ1) is 12.2. The summed E-state index contributed by atoms with van der Waals surface area (Å²) in [5.74, 6) is 0.467.